The summed E-state index contributed by atoms with van der Waals surface area (Å²) < 4.78 is 25.2. The van der Waals surface area contributed by atoms with E-state index in [0.717, 1.165) is 45.6 Å². The normalized spacial score (nSPS) is 30.2. The summed E-state index contributed by atoms with van der Waals surface area (Å²) in [4.78, 5) is 2.51. The Morgan fingerprint density at radius 1 is 1.35 bits per heavy atom. The van der Waals surface area contributed by atoms with E-state index >= 15 is 0 Å². The molecule has 0 aromatic carbocycles. The highest BCUT2D eigenvalue weighted by atomic mass is 32.2. The molecule has 0 aromatic heterocycles. The maximum absolute atomic E-state index is 11.8. The van der Waals surface area contributed by atoms with Gasteiger partial charge in [-0.15, -0.1) is 0 Å². The summed E-state index contributed by atoms with van der Waals surface area (Å²) in [5, 5.41) is 3.44. The number of hydrogen-bond acceptors (Lipinski definition) is 4. The number of rotatable bonds is 5. The molecule has 6 heteroatoms. The zero-order valence-corrected chi connectivity index (χ0v) is 13.9. The van der Waals surface area contributed by atoms with E-state index in [0.29, 0.717) is 12.0 Å². The molecule has 0 spiro atoms. The van der Waals surface area contributed by atoms with E-state index in [-0.39, 0.29) is 6.04 Å². The van der Waals surface area contributed by atoms with Crippen LogP contribution in [0, 0.1) is 5.41 Å². The summed E-state index contributed by atoms with van der Waals surface area (Å²) in [5.74, 6) is 0. The van der Waals surface area contributed by atoms with Crippen LogP contribution in [0.3, 0.4) is 0 Å². The molecule has 1 atom stereocenters. The molecule has 2 heterocycles. The Bertz CT molecular complexity index is 410. The number of hydrogen-bond donors (Lipinski definition) is 1. The Morgan fingerprint density at radius 3 is 2.45 bits per heavy atom. The van der Waals surface area contributed by atoms with Crippen LogP contribution in [-0.2, 0) is 10.0 Å². The predicted octanol–water partition coefficient (Wildman–Crippen LogP) is 0.732. The van der Waals surface area contributed by atoms with Crippen LogP contribution in [-0.4, -0.2) is 69.2 Å². The fourth-order valence-electron chi connectivity index (χ4n) is 3.67. The van der Waals surface area contributed by atoms with Crippen molar-refractivity contribution in [3.63, 3.8) is 0 Å². The first-order chi connectivity index (χ1) is 9.34. The average molecular weight is 303 g/mol. The lowest BCUT2D eigenvalue weighted by Crippen LogP contribution is -2.49. The van der Waals surface area contributed by atoms with Crippen molar-refractivity contribution >= 4 is 10.0 Å². The first kappa shape index (κ1) is 16.2. The molecule has 2 saturated heterocycles. The minimum atomic E-state index is -3.06. The molecule has 2 aliphatic rings. The van der Waals surface area contributed by atoms with E-state index in [9.17, 15) is 8.42 Å². The molecule has 2 fully saturated rings. The molecule has 0 aromatic rings. The number of piperidine rings is 1. The third-order valence-corrected chi connectivity index (χ3v) is 6.17. The molecular formula is C14H29N3O2S. The zero-order chi connectivity index (χ0) is 14.8. The molecule has 1 N–H and O–H groups in total. The van der Waals surface area contributed by atoms with E-state index in [1.807, 2.05) is 6.92 Å². The second-order valence-corrected chi connectivity index (χ2v) is 8.65. The van der Waals surface area contributed by atoms with Crippen molar-refractivity contribution in [1.82, 2.24) is 14.5 Å². The van der Waals surface area contributed by atoms with E-state index in [4.69, 9.17) is 0 Å². The Labute approximate surface area is 123 Å². The maximum Gasteiger partial charge on any atom is 0.211 e. The molecule has 0 bridgehead atoms. The van der Waals surface area contributed by atoms with Crippen molar-refractivity contribution in [3.05, 3.63) is 0 Å². The van der Waals surface area contributed by atoms with Crippen molar-refractivity contribution in [1.29, 1.82) is 0 Å². The van der Waals surface area contributed by atoms with E-state index in [2.05, 4.69) is 17.1 Å². The number of sulfonamides is 1. The first-order valence-electron chi connectivity index (χ1n) is 7.74. The van der Waals surface area contributed by atoms with Gasteiger partial charge in [-0.1, -0.05) is 13.8 Å². The topological polar surface area (TPSA) is 52.6 Å². The molecule has 0 amide bonds. The quantitative estimate of drug-likeness (QED) is 0.814. The van der Waals surface area contributed by atoms with Gasteiger partial charge >= 0.3 is 0 Å². The monoisotopic (exact) mass is 303 g/mol. The van der Waals surface area contributed by atoms with Crippen LogP contribution in [0.15, 0.2) is 0 Å². The van der Waals surface area contributed by atoms with Crippen LogP contribution >= 0.6 is 0 Å². The zero-order valence-electron chi connectivity index (χ0n) is 13.1. The van der Waals surface area contributed by atoms with Crippen molar-refractivity contribution in [3.8, 4) is 0 Å². The summed E-state index contributed by atoms with van der Waals surface area (Å²) in [6.45, 7) is 10.3. The highest BCUT2D eigenvalue weighted by molar-refractivity contribution is 7.88. The molecular weight excluding hydrogens is 274 g/mol. The van der Waals surface area contributed by atoms with Gasteiger partial charge < -0.3 is 10.2 Å². The number of nitrogens with zero attached hydrogens (tertiary/aromatic N) is 2. The summed E-state index contributed by atoms with van der Waals surface area (Å²) >= 11 is 0. The molecule has 20 heavy (non-hydrogen) atoms. The van der Waals surface area contributed by atoms with Gasteiger partial charge in [0, 0.05) is 25.7 Å². The van der Waals surface area contributed by atoms with Gasteiger partial charge in [0.2, 0.25) is 10.0 Å². The van der Waals surface area contributed by atoms with E-state index in [1.165, 1.54) is 12.7 Å². The van der Waals surface area contributed by atoms with Gasteiger partial charge in [-0.3, -0.25) is 0 Å². The van der Waals surface area contributed by atoms with Gasteiger partial charge in [-0.25, -0.2) is 8.42 Å². The van der Waals surface area contributed by atoms with Gasteiger partial charge in [0.1, 0.15) is 0 Å². The fraction of sp³-hybridized carbons (Fsp3) is 1.00. The molecule has 0 radical (unpaired) electrons. The largest absolute Gasteiger partial charge is 0.316 e. The van der Waals surface area contributed by atoms with E-state index < -0.39 is 10.0 Å². The second-order valence-electron chi connectivity index (χ2n) is 6.71. The smallest absolute Gasteiger partial charge is 0.211 e. The lowest BCUT2D eigenvalue weighted by Gasteiger charge is -2.39. The Balaban J connectivity index is 1.86. The highest BCUT2D eigenvalue weighted by Gasteiger charge is 2.34. The van der Waals surface area contributed by atoms with Crippen LogP contribution in [0.4, 0.5) is 0 Å². The number of nitrogens with one attached hydrogen (secondary N) is 1. The van der Waals surface area contributed by atoms with Crippen LogP contribution in [0.5, 0.6) is 0 Å². The molecule has 0 saturated carbocycles. The summed E-state index contributed by atoms with van der Waals surface area (Å²) in [6.07, 6.45) is 4.50. The Kier molecular flexibility index (Phi) is 5.10. The van der Waals surface area contributed by atoms with Gasteiger partial charge in [-0.05, 0) is 44.3 Å². The predicted molar refractivity (Wildman–Crippen MR) is 82.3 cm³/mol. The Hall–Kier alpha value is -0.170. The van der Waals surface area contributed by atoms with Gasteiger partial charge in [0.25, 0.3) is 0 Å². The van der Waals surface area contributed by atoms with Gasteiger partial charge in [0.05, 0.1) is 6.26 Å². The molecule has 2 aliphatic heterocycles. The minimum Gasteiger partial charge on any atom is -0.316 e. The summed E-state index contributed by atoms with van der Waals surface area (Å²) in [5.41, 5.74) is 0.397. The fourth-order valence-corrected chi connectivity index (χ4v) is 4.89. The highest BCUT2D eigenvalue weighted by Crippen LogP contribution is 2.28. The Morgan fingerprint density at radius 2 is 2.00 bits per heavy atom. The second kappa shape index (κ2) is 6.30. The van der Waals surface area contributed by atoms with Gasteiger partial charge in [-0.2, -0.15) is 4.31 Å². The average Bonchev–Trinajstić information content (AvgIpc) is 2.77. The third kappa shape index (κ3) is 3.93. The van der Waals surface area contributed by atoms with Crippen LogP contribution < -0.4 is 5.32 Å². The lowest BCUT2D eigenvalue weighted by atomic mass is 9.88. The van der Waals surface area contributed by atoms with Crippen LogP contribution in [0.2, 0.25) is 0 Å². The molecule has 1 unspecified atom stereocenters. The van der Waals surface area contributed by atoms with Crippen LogP contribution in [0.25, 0.3) is 0 Å². The summed E-state index contributed by atoms with van der Waals surface area (Å²) in [7, 11) is -3.06. The summed E-state index contributed by atoms with van der Waals surface area (Å²) in [6, 6.07) is 0.195. The first-order valence-corrected chi connectivity index (χ1v) is 9.59. The van der Waals surface area contributed by atoms with Crippen molar-refractivity contribution < 1.29 is 8.42 Å². The SMILES string of the molecule is CCN(C1CCN(CC2(C)CCNC2)CC1)S(C)(=O)=O. The standard InChI is InChI=1S/C14H29N3O2S/c1-4-17(20(3,18)19)13-5-9-16(10-6-13)12-14(2)7-8-15-11-14/h13,15H,4-12H2,1-3H3. The van der Waals surface area contributed by atoms with Gasteiger partial charge in [0.15, 0.2) is 0 Å². The van der Waals surface area contributed by atoms with Crippen molar-refractivity contribution in [2.24, 2.45) is 5.41 Å². The molecule has 2 rings (SSSR count). The molecule has 5 nitrogen and oxygen atoms in total. The number of likely N-dealkylation sites (tertiary alicyclic amines) is 1. The lowest BCUT2D eigenvalue weighted by molar-refractivity contribution is 0.118. The molecule has 118 valence electrons. The minimum absolute atomic E-state index is 0.195. The molecule has 0 aliphatic carbocycles. The van der Waals surface area contributed by atoms with Crippen molar-refractivity contribution in [2.75, 3.05) is 45.5 Å². The van der Waals surface area contributed by atoms with E-state index in [1.54, 1.807) is 4.31 Å². The van der Waals surface area contributed by atoms with Crippen LogP contribution in [0.1, 0.15) is 33.1 Å². The third-order valence-electron chi connectivity index (χ3n) is 4.76. The van der Waals surface area contributed by atoms with Crippen molar-refractivity contribution in [2.45, 2.75) is 39.2 Å². The maximum atomic E-state index is 11.8.